The van der Waals surface area contributed by atoms with E-state index in [1.165, 1.54) is 18.7 Å². The Bertz CT molecular complexity index is 461. The maximum atomic E-state index is 11.8. The average Bonchev–Trinajstić information content (AvgIpc) is 2.69. The molecule has 0 bridgehead atoms. The van der Waals surface area contributed by atoms with Gasteiger partial charge in [-0.15, -0.1) is 0 Å². The Balaban J connectivity index is 2.08. The molecule has 2 heterocycles. The van der Waals surface area contributed by atoms with Gasteiger partial charge in [-0.1, -0.05) is 17.8 Å². The number of aliphatic hydroxyl groups excluding tert-OH is 1. The number of anilines is 1. The molecule has 0 aliphatic carbocycles. The number of aliphatic hydroxyl groups is 1. The van der Waals surface area contributed by atoms with E-state index >= 15 is 0 Å². The van der Waals surface area contributed by atoms with Gasteiger partial charge in [0, 0.05) is 31.3 Å². The summed E-state index contributed by atoms with van der Waals surface area (Å²) in [6, 6.07) is 3.45. The van der Waals surface area contributed by atoms with Gasteiger partial charge in [0.1, 0.15) is 5.82 Å². The van der Waals surface area contributed by atoms with Crippen molar-refractivity contribution in [1.82, 2.24) is 4.98 Å². The number of aromatic nitrogens is 1. The van der Waals surface area contributed by atoms with Crippen molar-refractivity contribution in [2.24, 2.45) is 0 Å². The van der Waals surface area contributed by atoms with Crippen molar-refractivity contribution in [2.75, 3.05) is 11.4 Å². The minimum atomic E-state index is -0.0654. The molecule has 1 unspecified atom stereocenters. The van der Waals surface area contributed by atoms with Gasteiger partial charge in [0.05, 0.1) is 6.61 Å². The molecule has 1 N–H and O–H groups in total. The molecule has 0 radical (unpaired) electrons. The third-order valence-corrected chi connectivity index (χ3v) is 3.67. The molecule has 6 heteroatoms. The molecule has 1 aliphatic heterocycles. The first kappa shape index (κ1) is 13.0. The fourth-order valence-electron chi connectivity index (χ4n) is 1.88. The number of hydrogen-bond acceptors (Lipinski definition) is 5. The number of thioether (sulfide) groups is 1. The van der Waals surface area contributed by atoms with E-state index in [4.69, 9.17) is 5.11 Å². The summed E-state index contributed by atoms with van der Waals surface area (Å²) in [4.78, 5) is 28.6. The molecule has 1 saturated heterocycles. The van der Waals surface area contributed by atoms with Crippen LogP contribution in [0.4, 0.5) is 5.82 Å². The smallest absolute Gasteiger partial charge is 0.229 e. The molecular weight excluding hydrogens is 252 g/mol. The van der Waals surface area contributed by atoms with Crippen LogP contribution in [0.15, 0.2) is 18.3 Å². The second-order valence-corrected chi connectivity index (χ2v) is 5.60. The molecule has 1 aliphatic rings. The maximum absolute atomic E-state index is 11.8. The van der Waals surface area contributed by atoms with E-state index in [1.54, 1.807) is 23.2 Å². The van der Waals surface area contributed by atoms with Gasteiger partial charge in [-0.25, -0.2) is 4.98 Å². The number of hydrogen-bond donors (Lipinski definition) is 1. The lowest BCUT2D eigenvalue weighted by atomic mass is 10.3. The molecule has 1 aromatic heterocycles. The number of nitrogens with zero attached hydrogens (tertiary/aromatic N) is 2. The molecule has 2 rings (SSSR count). The van der Waals surface area contributed by atoms with E-state index < -0.39 is 0 Å². The van der Waals surface area contributed by atoms with Crippen molar-refractivity contribution >= 4 is 28.6 Å². The Hall–Kier alpha value is -1.40. The topological polar surface area (TPSA) is 70.5 Å². The van der Waals surface area contributed by atoms with E-state index in [0.717, 1.165) is 0 Å². The second-order valence-electron chi connectivity index (χ2n) is 4.12. The first-order valence-electron chi connectivity index (χ1n) is 5.63. The minimum Gasteiger partial charge on any atom is -0.392 e. The molecule has 5 nitrogen and oxygen atoms in total. The Morgan fingerprint density at radius 1 is 1.61 bits per heavy atom. The van der Waals surface area contributed by atoms with E-state index in [9.17, 15) is 9.59 Å². The standard InChI is InChI=1S/C12H14N2O3S/c1-8(16)18-10-4-12(17)14(6-10)11-3-2-9(7-15)5-13-11/h2-3,5,10,15H,4,6-7H2,1H3. The van der Waals surface area contributed by atoms with Crippen molar-refractivity contribution in [2.45, 2.75) is 25.2 Å². The van der Waals surface area contributed by atoms with Crippen LogP contribution in [0.3, 0.4) is 0 Å². The number of pyridine rings is 1. The van der Waals surface area contributed by atoms with Crippen LogP contribution in [0.5, 0.6) is 0 Å². The van der Waals surface area contributed by atoms with Crippen LogP contribution >= 0.6 is 11.8 Å². The lowest BCUT2D eigenvalue weighted by Crippen LogP contribution is -2.25. The molecule has 96 valence electrons. The van der Waals surface area contributed by atoms with Crippen LogP contribution in [0.25, 0.3) is 0 Å². The number of carbonyl (C=O) groups excluding carboxylic acids is 2. The number of rotatable bonds is 3. The molecule has 18 heavy (non-hydrogen) atoms. The quantitative estimate of drug-likeness (QED) is 0.882. The van der Waals surface area contributed by atoms with Crippen molar-refractivity contribution < 1.29 is 14.7 Å². The van der Waals surface area contributed by atoms with Gasteiger partial charge >= 0.3 is 0 Å². The zero-order valence-electron chi connectivity index (χ0n) is 10.00. The van der Waals surface area contributed by atoms with E-state index in [-0.39, 0.29) is 22.9 Å². The monoisotopic (exact) mass is 266 g/mol. The lowest BCUT2D eigenvalue weighted by Gasteiger charge is -2.15. The Morgan fingerprint density at radius 3 is 2.94 bits per heavy atom. The summed E-state index contributed by atoms with van der Waals surface area (Å²) >= 11 is 1.20. The summed E-state index contributed by atoms with van der Waals surface area (Å²) in [5, 5.41) is 8.96. The maximum Gasteiger partial charge on any atom is 0.229 e. The highest BCUT2D eigenvalue weighted by molar-refractivity contribution is 8.14. The van der Waals surface area contributed by atoms with Gasteiger partial charge in [-0.3, -0.25) is 14.5 Å². The molecule has 1 fully saturated rings. The van der Waals surface area contributed by atoms with Crippen LogP contribution in [-0.2, 0) is 16.2 Å². The van der Waals surface area contributed by atoms with Crippen molar-refractivity contribution in [1.29, 1.82) is 0 Å². The second kappa shape index (κ2) is 5.49. The van der Waals surface area contributed by atoms with Crippen molar-refractivity contribution in [3.63, 3.8) is 0 Å². The normalized spacial score (nSPS) is 19.3. The van der Waals surface area contributed by atoms with E-state index in [1.807, 2.05) is 0 Å². The number of amides is 1. The van der Waals surface area contributed by atoms with Gasteiger partial charge in [0.25, 0.3) is 0 Å². The number of carbonyl (C=O) groups is 2. The van der Waals surface area contributed by atoms with Gasteiger partial charge in [0.15, 0.2) is 5.12 Å². The van der Waals surface area contributed by atoms with E-state index in [0.29, 0.717) is 24.3 Å². The van der Waals surface area contributed by atoms with Crippen LogP contribution in [0.1, 0.15) is 18.9 Å². The molecule has 0 saturated carbocycles. The summed E-state index contributed by atoms with van der Waals surface area (Å²) in [6.45, 7) is 1.95. The fourth-order valence-corrected chi connectivity index (χ4v) is 2.80. The van der Waals surface area contributed by atoms with Crippen molar-refractivity contribution in [3.8, 4) is 0 Å². The molecule has 1 aromatic rings. The largest absolute Gasteiger partial charge is 0.392 e. The first-order chi connectivity index (χ1) is 8.60. The molecule has 0 aromatic carbocycles. The third kappa shape index (κ3) is 2.88. The molecule has 1 atom stereocenters. The summed E-state index contributed by atoms with van der Waals surface area (Å²) in [7, 11) is 0. The summed E-state index contributed by atoms with van der Waals surface area (Å²) in [6.07, 6.45) is 1.92. The van der Waals surface area contributed by atoms with Crippen LogP contribution < -0.4 is 4.90 Å². The third-order valence-electron chi connectivity index (χ3n) is 2.69. The Kier molecular flexibility index (Phi) is 3.98. The minimum absolute atomic E-state index is 0.00863. The predicted octanol–water partition coefficient (Wildman–Crippen LogP) is 0.959. The molecular formula is C12H14N2O3S. The predicted molar refractivity (Wildman–Crippen MR) is 69.2 cm³/mol. The van der Waals surface area contributed by atoms with Gasteiger partial charge < -0.3 is 5.11 Å². The van der Waals surface area contributed by atoms with Gasteiger partial charge in [0.2, 0.25) is 5.91 Å². The lowest BCUT2D eigenvalue weighted by molar-refractivity contribution is -0.117. The fraction of sp³-hybridized carbons (Fsp3) is 0.417. The first-order valence-corrected chi connectivity index (χ1v) is 6.51. The molecule has 1 amide bonds. The van der Waals surface area contributed by atoms with Crippen LogP contribution in [0.2, 0.25) is 0 Å². The van der Waals surface area contributed by atoms with Gasteiger partial charge in [-0.05, 0) is 11.6 Å². The summed E-state index contributed by atoms with van der Waals surface area (Å²) < 4.78 is 0. The Labute approximate surface area is 109 Å². The Morgan fingerprint density at radius 2 is 2.39 bits per heavy atom. The van der Waals surface area contributed by atoms with E-state index in [2.05, 4.69) is 4.98 Å². The summed E-state index contributed by atoms with van der Waals surface area (Å²) in [5.74, 6) is 0.557. The van der Waals surface area contributed by atoms with Crippen LogP contribution in [-0.4, -0.2) is 32.9 Å². The highest BCUT2D eigenvalue weighted by Crippen LogP contribution is 2.27. The van der Waals surface area contributed by atoms with Crippen LogP contribution in [0, 0.1) is 0 Å². The summed E-state index contributed by atoms with van der Waals surface area (Å²) in [5.41, 5.74) is 0.708. The van der Waals surface area contributed by atoms with Crippen molar-refractivity contribution in [3.05, 3.63) is 23.9 Å². The zero-order chi connectivity index (χ0) is 13.1. The molecule has 0 spiro atoms. The highest BCUT2D eigenvalue weighted by atomic mass is 32.2. The van der Waals surface area contributed by atoms with Gasteiger partial charge in [-0.2, -0.15) is 0 Å². The zero-order valence-corrected chi connectivity index (χ0v) is 10.8. The highest BCUT2D eigenvalue weighted by Gasteiger charge is 2.32. The SMILES string of the molecule is CC(=O)SC1CC(=O)N(c2ccc(CO)cn2)C1. The average molecular weight is 266 g/mol.